The fourth-order valence-corrected chi connectivity index (χ4v) is 1.48. The van der Waals surface area contributed by atoms with Gasteiger partial charge in [-0.2, -0.15) is 0 Å². The lowest BCUT2D eigenvalue weighted by Crippen LogP contribution is -1.80. The van der Waals surface area contributed by atoms with Crippen LogP contribution in [0.3, 0.4) is 0 Å². The third-order valence-corrected chi connectivity index (χ3v) is 2.42. The van der Waals surface area contributed by atoms with Gasteiger partial charge >= 0.3 is 0 Å². The monoisotopic (exact) mass is 210 g/mol. The first-order chi connectivity index (χ1) is 7.41. The largest absolute Gasteiger partial charge is 0.396 e. The van der Waals surface area contributed by atoms with Crippen LogP contribution in [-0.4, -0.2) is 11.7 Å². The zero-order valence-corrected chi connectivity index (χ0v) is 10.1. The van der Waals surface area contributed by atoms with Crippen molar-refractivity contribution in [2.24, 2.45) is 0 Å². The summed E-state index contributed by atoms with van der Waals surface area (Å²) in [6.07, 6.45) is 18.5. The molecule has 0 aliphatic rings. The third kappa shape index (κ3) is 13.4. The predicted molar refractivity (Wildman–Crippen MR) is 68.0 cm³/mol. The summed E-state index contributed by atoms with van der Waals surface area (Å²) in [4.78, 5) is 0. The molecule has 1 N–H and O–H groups in total. The Hall–Kier alpha value is -0.560. The molecule has 0 bridgehead atoms. The summed E-state index contributed by atoms with van der Waals surface area (Å²) >= 11 is 0. The number of allylic oxidation sites excluding steroid dienone is 4. The summed E-state index contributed by atoms with van der Waals surface area (Å²) in [5.74, 6) is 0. The molecule has 0 heterocycles. The predicted octanol–water partition coefficient (Wildman–Crippen LogP) is 4.23. The van der Waals surface area contributed by atoms with E-state index in [9.17, 15) is 0 Å². The van der Waals surface area contributed by atoms with E-state index >= 15 is 0 Å². The molecule has 0 saturated carbocycles. The van der Waals surface area contributed by atoms with Gasteiger partial charge in [0.05, 0.1) is 0 Å². The van der Waals surface area contributed by atoms with Gasteiger partial charge in [-0.05, 0) is 51.9 Å². The van der Waals surface area contributed by atoms with E-state index in [0.29, 0.717) is 6.61 Å². The molecule has 0 aromatic carbocycles. The number of hydrogen-bond donors (Lipinski definition) is 1. The van der Waals surface area contributed by atoms with Crippen molar-refractivity contribution in [2.45, 2.75) is 58.3 Å². The van der Waals surface area contributed by atoms with Crippen molar-refractivity contribution in [3.63, 3.8) is 0 Å². The van der Waals surface area contributed by atoms with Crippen LogP contribution in [0.15, 0.2) is 24.3 Å². The number of unbranched alkanes of at least 4 members (excludes halogenated alkanes) is 6. The van der Waals surface area contributed by atoms with Gasteiger partial charge in [0, 0.05) is 6.61 Å². The van der Waals surface area contributed by atoms with E-state index in [1.54, 1.807) is 0 Å². The molecule has 0 aromatic rings. The minimum absolute atomic E-state index is 0.332. The Labute approximate surface area is 94.9 Å². The molecule has 0 unspecified atom stereocenters. The number of aliphatic hydroxyl groups excluding tert-OH is 1. The van der Waals surface area contributed by atoms with Gasteiger partial charge in [0.25, 0.3) is 0 Å². The van der Waals surface area contributed by atoms with Crippen molar-refractivity contribution in [3.05, 3.63) is 24.3 Å². The molecule has 0 aromatic heterocycles. The van der Waals surface area contributed by atoms with Crippen molar-refractivity contribution in [2.75, 3.05) is 6.61 Å². The molecule has 1 heteroatoms. The van der Waals surface area contributed by atoms with E-state index in [2.05, 4.69) is 31.2 Å². The zero-order chi connectivity index (χ0) is 11.2. The Morgan fingerprint density at radius 3 is 1.80 bits per heavy atom. The molecular weight excluding hydrogens is 184 g/mol. The first-order valence-electron chi connectivity index (χ1n) is 6.28. The Morgan fingerprint density at radius 1 is 0.733 bits per heavy atom. The fourth-order valence-electron chi connectivity index (χ4n) is 1.48. The van der Waals surface area contributed by atoms with Crippen molar-refractivity contribution in [1.29, 1.82) is 0 Å². The lowest BCUT2D eigenvalue weighted by atomic mass is 10.1. The first kappa shape index (κ1) is 14.4. The Kier molecular flexibility index (Phi) is 12.9. The van der Waals surface area contributed by atoms with Crippen molar-refractivity contribution >= 4 is 0 Å². The van der Waals surface area contributed by atoms with Gasteiger partial charge in [0.1, 0.15) is 0 Å². The fraction of sp³-hybridized carbons (Fsp3) is 0.714. The van der Waals surface area contributed by atoms with Gasteiger partial charge in [-0.25, -0.2) is 0 Å². The first-order valence-corrected chi connectivity index (χ1v) is 6.28. The maximum atomic E-state index is 8.58. The molecule has 0 rings (SSSR count). The highest BCUT2D eigenvalue weighted by molar-refractivity contribution is 4.81. The second kappa shape index (κ2) is 13.4. The Morgan fingerprint density at radius 2 is 1.27 bits per heavy atom. The second-order valence-corrected chi connectivity index (χ2v) is 3.90. The summed E-state index contributed by atoms with van der Waals surface area (Å²) in [6, 6.07) is 0. The molecule has 15 heavy (non-hydrogen) atoms. The van der Waals surface area contributed by atoms with E-state index in [-0.39, 0.29) is 0 Å². The molecule has 0 amide bonds. The molecule has 0 fully saturated rings. The van der Waals surface area contributed by atoms with Crippen LogP contribution in [0.4, 0.5) is 0 Å². The van der Waals surface area contributed by atoms with Crippen LogP contribution in [0.25, 0.3) is 0 Å². The van der Waals surface area contributed by atoms with Crippen molar-refractivity contribution in [3.8, 4) is 0 Å². The molecule has 0 aliphatic heterocycles. The molecule has 0 spiro atoms. The molecular formula is C14H26O. The average Bonchev–Trinajstić information content (AvgIpc) is 2.26. The minimum atomic E-state index is 0.332. The number of hydrogen-bond acceptors (Lipinski definition) is 1. The molecule has 1 nitrogen and oxygen atoms in total. The standard InChI is InChI=1S/C14H26O/c1-2-3-4-5-6-7-8-9-10-11-12-13-14-15/h2-3,9-10,15H,4-8,11-14H2,1H3. The molecule has 0 aliphatic carbocycles. The average molecular weight is 210 g/mol. The highest BCUT2D eigenvalue weighted by Gasteiger charge is 1.86. The summed E-state index contributed by atoms with van der Waals surface area (Å²) in [5, 5.41) is 8.58. The second-order valence-electron chi connectivity index (χ2n) is 3.90. The molecule has 88 valence electrons. The van der Waals surface area contributed by atoms with Gasteiger partial charge in [0.15, 0.2) is 0 Å². The van der Waals surface area contributed by atoms with Crippen LogP contribution in [0.2, 0.25) is 0 Å². The lowest BCUT2D eigenvalue weighted by molar-refractivity contribution is 0.285. The normalized spacial score (nSPS) is 11.9. The number of aliphatic hydroxyl groups is 1. The van der Waals surface area contributed by atoms with E-state index in [4.69, 9.17) is 5.11 Å². The summed E-state index contributed by atoms with van der Waals surface area (Å²) in [5.41, 5.74) is 0. The van der Waals surface area contributed by atoms with Gasteiger partial charge in [-0.15, -0.1) is 0 Å². The third-order valence-electron chi connectivity index (χ3n) is 2.42. The highest BCUT2D eigenvalue weighted by Crippen LogP contribution is 2.05. The van der Waals surface area contributed by atoms with Crippen LogP contribution >= 0.6 is 0 Å². The molecule has 0 radical (unpaired) electrons. The Balaban J connectivity index is 3.02. The van der Waals surface area contributed by atoms with Crippen molar-refractivity contribution in [1.82, 2.24) is 0 Å². The van der Waals surface area contributed by atoms with Crippen LogP contribution in [-0.2, 0) is 0 Å². The number of rotatable bonds is 10. The maximum absolute atomic E-state index is 8.58. The van der Waals surface area contributed by atoms with Gasteiger partial charge in [0.2, 0.25) is 0 Å². The maximum Gasteiger partial charge on any atom is 0.0431 e. The molecule has 0 saturated heterocycles. The van der Waals surface area contributed by atoms with Gasteiger partial charge in [-0.3, -0.25) is 0 Å². The summed E-state index contributed by atoms with van der Waals surface area (Å²) in [7, 11) is 0. The SMILES string of the molecule is CC=CCCCCCC=CCCCCO. The minimum Gasteiger partial charge on any atom is -0.396 e. The quantitative estimate of drug-likeness (QED) is 0.422. The van der Waals surface area contributed by atoms with Gasteiger partial charge in [-0.1, -0.05) is 30.7 Å². The van der Waals surface area contributed by atoms with E-state index in [1.807, 2.05) is 0 Å². The summed E-state index contributed by atoms with van der Waals surface area (Å²) in [6.45, 7) is 2.41. The van der Waals surface area contributed by atoms with Crippen LogP contribution in [0.5, 0.6) is 0 Å². The smallest absolute Gasteiger partial charge is 0.0431 e. The lowest BCUT2D eigenvalue weighted by Gasteiger charge is -1.95. The van der Waals surface area contributed by atoms with Crippen LogP contribution in [0.1, 0.15) is 58.3 Å². The molecule has 0 atom stereocenters. The van der Waals surface area contributed by atoms with E-state index < -0.39 is 0 Å². The van der Waals surface area contributed by atoms with Gasteiger partial charge < -0.3 is 5.11 Å². The van der Waals surface area contributed by atoms with Crippen molar-refractivity contribution < 1.29 is 5.11 Å². The Bertz CT molecular complexity index is 159. The van der Waals surface area contributed by atoms with Crippen LogP contribution in [0, 0.1) is 0 Å². The zero-order valence-electron chi connectivity index (χ0n) is 10.1. The van der Waals surface area contributed by atoms with Crippen LogP contribution < -0.4 is 0 Å². The van der Waals surface area contributed by atoms with E-state index in [1.165, 1.54) is 32.1 Å². The summed E-state index contributed by atoms with van der Waals surface area (Å²) < 4.78 is 0. The highest BCUT2D eigenvalue weighted by atomic mass is 16.2. The topological polar surface area (TPSA) is 20.2 Å². The van der Waals surface area contributed by atoms with E-state index in [0.717, 1.165) is 19.3 Å².